The van der Waals surface area contributed by atoms with E-state index in [1.165, 1.54) is 0 Å². The van der Waals surface area contributed by atoms with Crippen LogP contribution in [0.25, 0.3) is 0 Å². The predicted octanol–water partition coefficient (Wildman–Crippen LogP) is 2.35. The fraction of sp³-hybridized carbons (Fsp3) is 0.615. The van der Waals surface area contributed by atoms with Gasteiger partial charge in [-0.1, -0.05) is 6.92 Å². The van der Waals surface area contributed by atoms with Gasteiger partial charge in [-0.3, -0.25) is 0 Å². The highest BCUT2D eigenvalue weighted by molar-refractivity contribution is 5.57. The summed E-state index contributed by atoms with van der Waals surface area (Å²) in [6.45, 7) is 7.03. The van der Waals surface area contributed by atoms with Gasteiger partial charge in [0.2, 0.25) is 0 Å². The summed E-state index contributed by atoms with van der Waals surface area (Å²) in [5.41, 5.74) is 1.03. The van der Waals surface area contributed by atoms with Gasteiger partial charge in [0.15, 0.2) is 0 Å². The fourth-order valence-corrected chi connectivity index (χ4v) is 1.70. The molecule has 0 radical (unpaired) electrons. The van der Waals surface area contributed by atoms with E-state index in [1.54, 1.807) is 6.33 Å². The third-order valence-corrected chi connectivity index (χ3v) is 2.98. The molecule has 0 bridgehead atoms. The summed E-state index contributed by atoms with van der Waals surface area (Å²) in [5, 5.41) is 12.0. The summed E-state index contributed by atoms with van der Waals surface area (Å²) in [5.74, 6) is 1.75. The van der Waals surface area contributed by atoms with Crippen molar-refractivity contribution in [2.45, 2.75) is 39.7 Å². The van der Waals surface area contributed by atoms with Crippen LogP contribution in [0.4, 0.5) is 11.6 Å². The molecule has 0 amide bonds. The van der Waals surface area contributed by atoms with Crippen molar-refractivity contribution < 1.29 is 0 Å². The molecule has 0 aliphatic heterocycles. The minimum Gasteiger partial charge on any atom is -0.370 e. The van der Waals surface area contributed by atoms with E-state index in [4.69, 9.17) is 5.26 Å². The van der Waals surface area contributed by atoms with Crippen molar-refractivity contribution in [3.63, 3.8) is 0 Å². The Kier molecular flexibility index (Phi) is 5.37. The molecule has 0 spiro atoms. The van der Waals surface area contributed by atoms with E-state index >= 15 is 0 Å². The highest BCUT2D eigenvalue weighted by atomic mass is 15.2. The molecule has 98 valence electrons. The second-order valence-corrected chi connectivity index (χ2v) is 4.42. The molecule has 0 saturated heterocycles. The first kappa shape index (κ1) is 14.2. The zero-order valence-corrected chi connectivity index (χ0v) is 11.6. The fourth-order valence-electron chi connectivity index (χ4n) is 1.70. The number of anilines is 2. The first-order valence-electron chi connectivity index (χ1n) is 6.27. The van der Waals surface area contributed by atoms with Crippen molar-refractivity contribution in [1.29, 1.82) is 5.26 Å². The molecule has 5 nitrogen and oxygen atoms in total. The molecular formula is C13H21N5. The Morgan fingerprint density at radius 2 is 2.22 bits per heavy atom. The molecule has 0 aliphatic carbocycles. The molecule has 0 fully saturated rings. The van der Waals surface area contributed by atoms with Crippen molar-refractivity contribution in [2.24, 2.45) is 0 Å². The Labute approximate surface area is 109 Å². The van der Waals surface area contributed by atoms with Gasteiger partial charge >= 0.3 is 0 Å². The van der Waals surface area contributed by atoms with E-state index in [-0.39, 0.29) is 6.04 Å². The molecule has 5 heteroatoms. The van der Waals surface area contributed by atoms with E-state index < -0.39 is 0 Å². The maximum Gasteiger partial charge on any atom is 0.137 e. The Morgan fingerprint density at radius 1 is 1.50 bits per heavy atom. The summed E-state index contributed by atoms with van der Waals surface area (Å²) >= 11 is 0. The molecule has 18 heavy (non-hydrogen) atoms. The zero-order valence-electron chi connectivity index (χ0n) is 11.6. The van der Waals surface area contributed by atoms with Crippen LogP contribution in [-0.2, 0) is 0 Å². The molecule has 1 aromatic heterocycles. The summed E-state index contributed by atoms with van der Waals surface area (Å²) in [6.07, 6.45) is 3.10. The molecule has 1 heterocycles. The van der Waals surface area contributed by atoms with Gasteiger partial charge in [0.1, 0.15) is 18.0 Å². The van der Waals surface area contributed by atoms with E-state index in [2.05, 4.69) is 28.3 Å². The maximum atomic E-state index is 8.75. The Morgan fingerprint density at radius 3 is 2.83 bits per heavy atom. The maximum absolute atomic E-state index is 8.75. The minimum absolute atomic E-state index is 0.141. The molecule has 0 saturated carbocycles. The lowest BCUT2D eigenvalue weighted by Gasteiger charge is -2.26. The number of hydrogen-bond donors (Lipinski definition) is 1. The Hall–Kier alpha value is -1.83. The highest BCUT2D eigenvalue weighted by Gasteiger charge is 2.15. The summed E-state index contributed by atoms with van der Waals surface area (Å²) in [6, 6.07) is 2.33. The van der Waals surface area contributed by atoms with Crippen LogP contribution in [0.5, 0.6) is 0 Å². The molecule has 1 unspecified atom stereocenters. The van der Waals surface area contributed by atoms with Crippen LogP contribution in [0.2, 0.25) is 0 Å². The van der Waals surface area contributed by atoms with E-state index in [9.17, 15) is 0 Å². The van der Waals surface area contributed by atoms with Crippen molar-refractivity contribution >= 4 is 11.6 Å². The summed E-state index contributed by atoms with van der Waals surface area (Å²) < 4.78 is 0. The number of nitriles is 1. The first-order chi connectivity index (χ1) is 8.61. The lowest BCUT2D eigenvalue weighted by atomic mass is 10.2. The van der Waals surface area contributed by atoms with E-state index in [0.29, 0.717) is 6.42 Å². The van der Waals surface area contributed by atoms with Crippen LogP contribution < -0.4 is 10.2 Å². The molecule has 1 atom stereocenters. The summed E-state index contributed by atoms with van der Waals surface area (Å²) in [7, 11) is 1.96. The van der Waals surface area contributed by atoms with Crippen LogP contribution in [0.3, 0.4) is 0 Å². The van der Waals surface area contributed by atoms with Crippen LogP contribution in [-0.4, -0.2) is 29.6 Å². The Balaban J connectivity index is 2.92. The van der Waals surface area contributed by atoms with Crippen molar-refractivity contribution in [3.8, 4) is 6.07 Å². The van der Waals surface area contributed by atoms with Gasteiger partial charge in [-0.25, -0.2) is 9.97 Å². The van der Waals surface area contributed by atoms with Gasteiger partial charge in [0.25, 0.3) is 0 Å². The smallest absolute Gasteiger partial charge is 0.137 e. The van der Waals surface area contributed by atoms with Gasteiger partial charge in [-0.15, -0.1) is 0 Å². The standard InChI is InChI=1S/C13H21N5/c1-5-8-15-12-11(3)13(17-9-16-12)18(4)10(2)6-7-14/h9-10H,5-6,8H2,1-4H3,(H,15,16,17). The zero-order chi connectivity index (χ0) is 13.5. The largest absolute Gasteiger partial charge is 0.370 e. The van der Waals surface area contributed by atoms with E-state index in [0.717, 1.165) is 30.2 Å². The first-order valence-corrected chi connectivity index (χ1v) is 6.27. The van der Waals surface area contributed by atoms with Crippen LogP contribution in [0, 0.1) is 18.3 Å². The average molecular weight is 247 g/mol. The number of nitrogens with zero attached hydrogens (tertiary/aromatic N) is 4. The molecule has 0 aliphatic rings. The third-order valence-electron chi connectivity index (χ3n) is 2.98. The lowest BCUT2D eigenvalue weighted by Crippen LogP contribution is -2.30. The molecule has 1 aromatic rings. The number of rotatable bonds is 6. The monoisotopic (exact) mass is 247 g/mol. The van der Waals surface area contributed by atoms with Gasteiger partial charge in [-0.2, -0.15) is 5.26 Å². The second-order valence-electron chi connectivity index (χ2n) is 4.42. The molecule has 1 rings (SSSR count). The van der Waals surface area contributed by atoms with Gasteiger partial charge in [0, 0.05) is 25.2 Å². The normalized spacial score (nSPS) is 11.7. The highest BCUT2D eigenvalue weighted by Crippen LogP contribution is 2.23. The van der Waals surface area contributed by atoms with E-state index in [1.807, 2.05) is 25.8 Å². The lowest BCUT2D eigenvalue weighted by molar-refractivity contribution is 0.690. The minimum atomic E-state index is 0.141. The quantitative estimate of drug-likeness (QED) is 0.836. The van der Waals surface area contributed by atoms with Gasteiger partial charge in [-0.05, 0) is 20.3 Å². The van der Waals surface area contributed by atoms with Crippen LogP contribution >= 0.6 is 0 Å². The van der Waals surface area contributed by atoms with Crippen LogP contribution in [0.1, 0.15) is 32.3 Å². The van der Waals surface area contributed by atoms with Crippen molar-refractivity contribution in [1.82, 2.24) is 9.97 Å². The van der Waals surface area contributed by atoms with Gasteiger partial charge in [0.05, 0.1) is 12.5 Å². The average Bonchev–Trinajstić information content (AvgIpc) is 2.37. The number of nitrogens with one attached hydrogen (secondary N) is 1. The Bertz CT molecular complexity index is 424. The van der Waals surface area contributed by atoms with Crippen molar-refractivity contribution in [3.05, 3.63) is 11.9 Å². The topological polar surface area (TPSA) is 64.8 Å². The summed E-state index contributed by atoms with van der Waals surface area (Å²) in [4.78, 5) is 10.6. The van der Waals surface area contributed by atoms with Crippen LogP contribution in [0.15, 0.2) is 6.33 Å². The molecular weight excluding hydrogens is 226 g/mol. The van der Waals surface area contributed by atoms with Gasteiger partial charge < -0.3 is 10.2 Å². The molecule has 1 N–H and O–H groups in total. The third kappa shape index (κ3) is 3.33. The SMILES string of the molecule is CCCNc1ncnc(N(C)C(C)CC#N)c1C. The number of hydrogen-bond acceptors (Lipinski definition) is 5. The second kappa shape index (κ2) is 6.80. The number of aromatic nitrogens is 2. The molecule has 0 aromatic carbocycles. The predicted molar refractivity (Wildman–Crippen MR) is 73.6 cm³/mol. The van der Waals surface area contributed by atoms with Crippen molar-refractivity contribution in [2.75, 3.05) is 23.8 Å².